The summed E-state index contributed by atoms with van der Waals surface area (Å²) in [5.41, 5.74) is 5.05. The van der Waals surface area contributed by atoms with Crippen LogP contribution in [0.25, 0.3) is 22.3 Å². The Morgan fingerprint density at radius 1 is 0.750 bits per heavy atom. The molecule has 1 aliphatic rings. The highest BCUT2D eigenvalue weighted by Gasteiger charge is 2.20. The van der Waals surface area contributed by atoms with E-state index < -0.39 is 0 Å². The Morgan fingerprint density at radius 2 is 1.25 bits per heavy atom. The van der Waals surface area contributed by atoms with Crippen molar-refractivity contribution in [2.45, 2.75) is 0 Å². The van der Waals surface area contributed by atoms with Gasteiger partial charge in [0, 0.05) is 0 Å². The molecule has 0 amide bonds. The molecule has 0 spiro atoms. The summed E-state index contributed by atoms with van der Waals surface area (Å²) in [6.45, 7) is 0. The van der Waals surface area contributed by atoms with Gasteiger partial charge in [0.25, 0.3) is 0 Å². The van der Waals surface area contributed by atoms with Crippen LogP contribution in [0.2, 0.25) is 0 Å². The molecular formula is C12H6. The van der Waals surface area contributed by atoms with Crippen molar-refractivity contribution in [1.82, 2.24) is 0 Å². The van der Waals surface area contributed by atoms with Gasteiger partial charge in [-0.3, -0.25) is 0 Å². The Balaban J connectivity index is 2.34. The smallest absolute Gasteiger partial charge is 0.00139 e. The quantitative estimate of drug-likeness (QED) is 0.462. The van der Waals surface area contributed by atoms with Gasteiger partial charge < -0.3 is 0 Å². The third kappa shape index (κ3) is 0.578. The van der Waals surface area contributed by atoms with Gasteiger partial charge >= 0.3 is 0 Å². The average molecular weight is 150 g/mol. The van der Waals surface area contributed by atoms with Gasteiger partial charge in [-0.1, -0.05) is 36.4 Å². The first-order valence-electron chi connectivity index (χ1n) is 3.99. The van der Waals surface area contributed by atoms with E-state index in [4.69, 9.17) is 0 Å². The third-order valence-electron chi connectivity index (χ3n) is 2.25. The van der Waals surface area contributed by atoms with Gasteiger partial charge in [0.1, 0.15) is 0 Å². The molecule has 0 heteroatoms. The minimum atomic E-state index is 1.22. The highest BCUT2D eigenvalue weighted by Crippen LogP contribution is 2.45. The lowest BCUT2D eigenvalue weighted by molar-refractivity contribution is 1.51. The summed E-state index contributed by atoms with van der Waals surface area (Å²) in [6, 6.07) is 18.6. The topological polar surface area (TPSA) is 0 Å². The van der Waals surface area contributed by atoms with Crippen molar-refractivity contribution in [2.75, 3.05) is 0 Å². The summed E-state index contributed by atoms with van der Waals surface area (Å²) in [4.78, 5) is 0. The van der Waals surface area contributed by atoms with Crippen LogP contribution in [0.15, 0.2) is 36.4 Å². The van der Waals surface area contributed by atoms with Crippen molar-refractivity contribution in [3.63, 3.8) is 0 Å². The number of hydrogen-bond donors (Lipinski definition) is 0. The van der Waals surface area contributed by atoms with Gasteiger partial charge in [-0.15, -0.1) is 0 Å². The van der Waals surface area contributed by atoms with Crippen molar-refractivity contribution >= 4 is 0 Å². The van der Waals surface area contributed by atoms with Crippen LogP contribution in [-0.2, 0) is 0 Å². The molecule has 1 aliphatic carbocycles. The largest absolute Gasteiger partial charge is 0.0610 e. The Bertz CT molecular complexity index is 341. The average Bonchev–Trinajstić information content (AvgIpc) is 2.14. The number of rotatable bonds is 0. The Hall–Kier alpha value is -1.56. The van der Waals surface area contributed by atoms with Crippen LogP contribution in [0.5, 0.6) is 0 Å². The number of hydrogen-bond acceptors (Lipinski definition) is 0. The maximum Gasteiger partial charge on any atom is -0.00139 e. The van der Waals surface area contributed by atoms with Crippen LogP contribution < -0.4 is 0 Å². The Morgan fingerprint density at radius 3 is 1.75 bits per heavy atom. The molecule has 0 heterocycles. The van der Waals surface area contributed by atoms with Crippen molar-refractivity contribution < 1.29 is 0 Å². The molecule has 0 saturated carbocycles. The monoisotopic (exact) mass is 150 g/mol. The summed E-state index contributed by atoms with van der Waals surface area (Å²) in [5, 5.41) is 0. The first kappa shape index (κ1) is 6.01. The van der Waals surface area contributed by atoms with E-state index in [1.165, 1.54) is 22.3 Å². The molecule has 0 unspecified atom stereocenters. The SMILES string of the molecule is [c]1cccc2c1-c1[c]cccc1-2. The summed E-state index contributed by atoms with van der Waals surface area (Å²) >= 11 is 0. The normalized spacial score (nSPS) is 11.3. The fourth-order valence-electron chi connectivity index (χ4n) is 1.67. The zero-order valence-electron chi connectivity index (χ0n) is 6.46. The molecule has 0 nitrogen and oxygen atoms in total. The van der Waals surface area contributed by atoms with Gasteiger partial charge in [0.2, 0.25) is 0 Å². The highest BCUT2D eigenvalue weighted by atomic mass is 14.2. The van der Waals surface area contributed by atoms with Crippen LogP contribution in [-0.4, -0.2) is 0 Å². The van der Waals surface area contributed by atoms with Crippen LogP contribution in [0, 0.1) is 12.1 Å². The summed E-state index contributed by atoms with van der Waals surface area (Å²) in [7, 11) is 0. The van der Waals surface area contributed by atoms with Crippen LogP contribution in [0.1, 0.15) is 0 Å². The number of benzene rings is 2. The fraction of sp³-hybridized carbons (Fsp3) is 0. The van der Waals surface area contributed by atoms with Crippen molar-refractivity contribution in [3.8, 4) is 22.3 Å². The fourth-order valence-corrected chi connectivity index (χ4v) is 1.67. The zero-order valence-corrected chi connectivity index (χ0v) is 6.46. The molecule has 0 saturated heterocycles. The second-order valence-corrected chi connectivity index (χ2v) is 2.92. The van der Waals surface area contributed by atoms with Gasteiger partial charge in [0.05, 0.1) is 0 Å². The van der Waals surface area contributed by atoms with E-state index in [-0.39, 0.29) is 0 Å². The molecule has 12 heavy (non-hydrogen) atoms. The molecule has 0 bridgehead atoms. The number of fused-ring (bicyclic) bond motifs is 4. The van der Waals surface area contributed by atoms with Gasteiger partial charge in [0.15, 0.2) is 0 Å². The third-order valence-corrected chi connectivity index (χ3v) is 2.25. The second-order valence-electron chi connectivity index (χ2n) is 2.92. The minimum absolute atomic E-state index is 1.22. The van der Waals surface area contributed by atoms with Gasteiger partial charge in [-0.25, -0.2) is 0 Å². The molecule has 0 aliphatic heterocycles. The molecule has 54 valence electrons. The van der Waals surface area contributed by atoms with Crippen LogP contribution in [0.4, 0.5) is 0 Å². The highest BCUT2D eigenvalue weighted by molar-refractivity contribution is 6.01. The van der Waals surface area contributed by atoms with Crippen molar-refractivity contribution in [2.24, 2.45) is 0 Å². The van der Waals surface area contributed by atoms with E-state index in [2.05, 4.69) is 24.3 Å². The lowest BCUT2D eigenvalue weighted by Crippen LogP contribution is -1.97. The van der Waals surface area contributed by atoms with Crippen LogP contribution >= 0.6 is 0 Å². The molecule has 0 fully saturated rings. The summed E-state index contributed by atoms with van der Waals surface area (Å²) < 4.78 is 0. The zero-order chi connectivity index (χ0) is 7.97. The Labute approximate surface area is 71.5 Å². The van der Waals surface area contributed by atoms with Gasteiger partial charge in [-0.05, 0) is 34.4 Å². The van der Waals surface area contributed by atoms with Crippen LogP contribution in [0.3, 0.4) is 0 Å². The first-order chi connectivity index (χ1) is 5.97. The molecule has 3 rings (SSSR count). The Kier molecular flexibility index (Phi) is 0.991. The lowest BCUT2D eigenvalue weighted by atomic mass is 9.81. The molecule has 0 N–H and O–H groups in total. The molecular weight excluding hydrogens is 144 g/mol. The minimum Gasteiger partial charge on any atom is -0.0610 e. The summed E-state index contributed by atoms with van der Waals surface area (Å²) in [5.74, 6) is 0. The summed E-state index contributed by atoms with van der Waals surface area (Å²) in [6.07, 6.45) is 0. The predicted molar refractivity (Wildman–Crippen MR) is 48.5 cm³/mol. The lowest BCUT2D eigenvalue weighted by Gasteiger charge is -2.22. The van der Waals surface area contributed by atoms with E-state index in [1.807, 2.05) is 24.3 Å². The molecule has 2 aromatic rings. The van der Waals surface area contributed by atoms with E-state index in [0.29, 0.717) is 0 Å². The standard InChI is InChI=1S/C12H6/c1-2-6-10-9(5-1)11-7-3-4-8-12(10)11/h1-5,7H. The molecule has 2 aromatic carbocycles. The van der Waals surface area contributed by atoms with E-state index >= 15 is 0 Å². The molecule has 0 atom stereocenters. The predicted octanol–water partition coefficient (Wildman–Crippen LogP) is 2.93. The maximum atomic E-state index is 3.21. The van der Waals surface area contributed by atoms with E-state index in [1.54, 1.807) is 0 Å². The van der Waals surface area contributed by atoms with E-state index in [9.17, 15) is 0 Å². The van der Waals surface area contributed by atoms with Crippen molar-refractivity contribution in [1.29, 1.82) is 0 Å². The van der Waals surface area contributed by atoms with Gasteiger partial charge in [-0.2, -0.15) is 0 Å². The molecule has 0 aromatic heterocycles. The first-order valence-corrected chi connectivity index (χ1v) is 3.99. The van der Waals surface area contributed by atoms with Crippen molar-refractivity contribution in [3.05, 3.63) is 48.5 Å². The molecule has 2 radical (unpaired) electrons. The maximum absolute atomic E-state index is 3.21. The van der Waals surface area contributed by atoms with E-state index in [0.717, 1.165) is 0 Å². The second kappa shape index (κ2) is 1.98.